The monoisotopic (exact) mass is 204 g/mol. The summed E-state index contributed by atoms with van der Waals surface area (Å²) in [5.74, 6) is 0.892. The Morgan fingerprint density at radius 3 is 2.80 bits per heavy atom. The van der Waals surface area contributed by atoms with Gasteiger partial charge in [0.25, 0.3) is 0 Å². The third kappa shape index (κ3) is 1.70. The predicted molar refractivity (Wildman–Crippen MR) is 62.2 cm³/mol. The van der Waals surface area contributed by atoms with Crippen LogP contribution in [-0.4, -0.2) is 18.2 Å². The van der Waals surface area contributed by atoms with E-state index in [4.69, 9.17) is 10.5 Å². The second-order valence-electron chi connectivity index (χ2n) is 3.66. The second-order valence-corrected chi connectivity index (χ2v) is 3.66. The Morgan fingerprint density at radius 2 is 2.13 bits per heavy atom. The molecule has 0 unspecified atom stereocenters. The molecule has 3 nitrogen and oxygen atoms in total. The molecule has 2 N–H and O–H groups in total. The molecule has 0 aliphatic rings. The van der Waals surface area contributed by atoms with Crippen molar-refractivity contribution in [3.8, 4) is 5.75 Å². The molecule has 0 aliphatic carbocycles. The zero-order valence-corrected chi connectivity index (χ0v) is 9.16. The van der Waals surface area contributed by atoms with E-state index in [2.05, 4.69) is 29.8 Å². The number of fused-ring (bicyclic) bond motifs is 1. The molecule has 0 atom stereocenters. The zero-order chi connectivity index (χ0) is 10.8. The number of aromatic nitrogens is 1. The van der Waals surface area contributed by atoms with Gasteiger partial charge in [-0.3, -0.25) is 0 Å². The van der Waals surface area contributed by atoms with E-state index >= 15 is 0 Å². The van der Waals surface area contributed by atoms with Crippen LogP contribution in [0.1, 0.15) is 5.69 Å². The van der Waals surface area contributed by atoms with E-state index in [9.17, 15) is 0 Å². The first-order valence-electron chi connectivity index (χ1n) is 5.08. The Morgan fingerprint density at radius 1 is 1.33 bits per heavy atom. The third-order valence-electron chi connectivity index (χ3n) is 2.75. The van der Waals surface area contributed by atoms with Gasteiger partial charge in [0, 0.05) is 24.2 Å². The molecule has 0 saturated carbocycles. The van der Waals surface area contributed by atoms with Crippen molar-refractivity contribution in [1.82, 2.24) is 4.57 Å². The SMILES string of the molecule is COc1ccc2cc(CCN)n(C)c2c1. The van der Waals surface area contributed by atoms with Crippen LogP contribution in [0.5, 0.6) is 5.75 Å². The summed E-state index contributed by atoms with van der Waals surface area (Å²) in [6.07, 6.45) is 0.910. The van der Waals surface area contributed by atoms with E-state index < -0.39 is 0 Å². The molecule has 0 fully saturated rings. The first kappa shape index (κ1) is 10.1. The molecule has 3 heteroatoms. The highest BCUT2D eigenvalue weighted by Crippen LogP contribution is 2.23. The lowest BCUT2D eigenvalue weighted by Crippen LogP contribution is -2.06. The van der Waals surface area contributed by atoms with Crippen LogP contribution < -0.4 is 10.5 Å². The van der Waals surface area contributed by atoms with Gasteiger partial charge in [0.05, 0.1) is 12.6 Å². The van der Waals surface area contributed by atoms with Crippen LogP contribution in [0, 0.1) is 0 Å². The minimum Gasteiger partial charge on any atom is -0.497 e. The molecular weight excluding hydrogens is 188 g/mol. The number of nitrogens with zero attached hydrogens (tertiary/aromatic N) is 1. The summed E-state index contributed by atoms with van der Waals surface area (Å²) in [6, 6.07) is 8.29. The van der Waals surface area contributed by atoms with Crippen molar-refractivity contribution in [1.29, 1.82) is 0 Å². The van der Waals surface area contributed by atoms with Crippen LogP contribution in [0.15, 0.2) is 24.3 Å². The Kier molecular flexibility index (Phi) is 2.64. The number of benzene rings is 1. The van der Waals surface area contributed by atoms with Crippen LogP contribution in [0.25, 0.3) is 10.9 Å². The molecule has 1 aromatic heterocycles. The summed E-state index contributed by atoms with van der Waals surface area (Å²) in [6.45, 7) is 0.682. The fraction of sp³-hybridized carbons (Fsp3) is 0.333. The van der Waals surface area contributed by atoms with Gasteiger partial charge in [0.1, 0.15) is 5.75 Å². The van der Waals surface area contributed by atoms with Gasteiger partial charge in [0.15, 0.2) is 0 Å². The van der Waals surface area contributed by atoms with E-state index in [-0.39, 0.29) is 0 Å². The van der Waals surface area contributed by atoms with Crippen molar-refractivity contribution < 1.29 is 4.74 Å². The molecule has 0 bridgehead atoms. The molecule has 80 valence electrons. The van der Waals surface area contributed by atoms with Crippen molar-refractivity contribution in [2.75, 3.05) is 13.7 Å². The quantitative estimate of drug-likeness (QED) is 0.826. The number of hydrogen-bond acceptors (Lipinski definition) is 2. The summed E-state index contributed by atoms with van der Waals surface area (Å²) < 4.78 is 7.38. The second kappa shape index (κ2) is 3.95. The van der Waals surface area contributed by atoms with E-state index in [0.717, 1.165) is 12.2 Å². The maximum atomic E-state index is 5.57. The van der Waals surface area contributed by atoms with Crippen LogP contribution in [0.2, 0.25) is 0 Å². The molecule has 2 aromatic rings. The molecule has 15 heavy (non-hydrogen) atoms. The Bertz CT molecular complexity index is 474. The van der Waals surface area contributed by atoms with Gasteiger partial charge in [-0.15, -0.1) is 0 Å². The smallest absolute Gasteiger partial charge is 0.120 e. The summed E-state index contributed by atoms with van der Waals surface area (Å²) in [7, 11) is 3.75. The predicted octanol–water partition coefficient (Wildman–Crippen LogP) is 1.69. The molecule has 0 amide bonds. The minimum absolute atomic E-state index is 0.682. The van der Waals surface area contributed by atoms with Crippen molar-refractivity contribution in [2.45, 2.75) is 6.42 Å². The number of hydrogen-bond donors (Lipinski definition) is 1. The lowest BCUT2D eigenvalue weighted by Gasteiger charge is -2.03. The first-order chi connectivity index (χ1) is 7.26. The van der Waals surface area contributed by atoms with E-state index in [1.54, 1.807) is 7.11 Å². The molecule has 0 spiro atoms. The highest BCUT2D eigenvalue weighted by atomic mass is 16.5. The van der Waals surface area contributed by atoms with E-state index in [1.165, 1.54) is 16.6 Å². The largest absolute Gasteiger partial charge is 0.497 e. The summed E-state index contributed by atoms with van der Waals surface area (Å²) >= 11 is 0. The first-order valence-corrected chi connectivity index (χ1v) is 5.08. The van der Waals surface area contributed by atoms with Crippen molar-refractivity contribution >= 4 is 10.9 Å². The fourth-order valence-corrected chi connectivity index (χ4v) is 1.88. The summed E-state index contributed by atoms with van der Waals surface area (Å²) in [4.78, 5) is 0. The molecule has 1 heterocycles. The van der Waals surface area contributed by atoms with Gasteiger partial charge in [-0.2, -0.15) is 0 Å². The fourth-order valence-electron chi connectivity index (χ4n) is 1.88. The zero-order valence-electron chi connectivity index (χ0n) is 9.16. The standard InChI is InChI=1S/C12H16N2O/c1-14-10(5-6-13)7-9-3-4-11(15-2)8-12(9)14/h3-4,7-8H,5-6,13H2,1-2H3. The van der Waals surface area contributed by atoms with Crippen LogP contribution in [-0.2, 0) is 13.5 Å². The highest BCUT2D eigenvalue weighted by molar-refractivity contribution is 5.82. The lowest BCUT2D eigenvalue weighted by atomic mass is 10.2. The third-order valence-corrected chi connectivity index (χ3v) is 2.75. The molecule has 1 aromatic carbocycles. The van der Waals surface area contributed by atoms with E-state index in [0.29, 0.717) is 6.54 Å². The molecule has 0 saturated heterocycles. The van der Waals surface area contributed by atoms with Crippen molar-refractivity contribution in [3.05, 3.63) is 30.0 Å². The van der Waals surface area contributed by atoms with Gasteiger partial charge in [-0.05, 0) is 31.2 Å². The number of methoxy groups -OCH3 is 1. The number of aryl methyl sites for hydroxylation is 1. The van der Waals surface area contributed by atoms with Crippen molar-refractivity contribution in [2.24, 2.45) is 12.8 Å². The van der Waals surface area contributed by atoms with Gasteiger partial charge in [-0.1, -0.05) is 0 Å². The number of rotatable bonds is 3. The van der Waals surface area contributed by atoms with Gasteiger partial charge >= 0.3 is 0 Å². The van der Waals surface area contributed by atoms with Crippen molar-refractivity contribution in [3.63, 3.8) is 0 Å². The van der Waals surface area contributed by atoms with Crippen LogP contribution in [0.3, 0.4) is 0 Å². The van der Waals surface area contributed by atoms with Gasteiger partial charge < -0.3 is 15.0 Å². The molecular formula is C12H16N2O. The molecule has 0 aliphatic heterocycles. The maximum Gasteiger partial charge on any atom is 0.120 e. The van der Waals surface area contributed by atoms with E-state index in [1.807, 2.05) is 6.07 Å². The van der Waals surface area contributed by atoms with Crippen LogP contribution >= 0.6 is 0 Å². The Balaban J connectivity index is 2.56. The highest BCUT2D eigenvalue weighted by Gasteiger charge is 2.05. The maximum absolute atomic E-state index is 5.57. The Hall–Kier alpha value is -1.48. The van der Waals surface area contributed by atoms with Crippen LogP contribution in [0.4, 0.5) is 0 Å². The topological polar surface area (TPSA) is 40.2 Å². The molecule has 0 radical (unpaired) electrons. The molecule has 2 rings (SSSR count). The normalized spacial score (nSPS) is 10.9. The average Bonchev–Trinajstić information content (AvgIpc) is 2.56. The minimum atomic E-state index is 0.682. The number of ether oxygens (including phenoxy) is 1. The summed E-state index contributed by atoms with van der Waals surface area (Å²) in [5.41, 5.74) is 8.03. The lowest BCUT2D eigenvalue weighted by molar-refractivity contribution is 0.415. The average molecular weight is 204 g/mol. The van der Waals surface area contributed by atoms with Gasteiger partial charge in [0.2, 0.25) is 0 Å². The number of nitrogens with two attached hydrogens (primary N) is 1. The Labute approximate surface area is 89.4 Å². The van der Waals surface area contributed by atoms with Gasteiger partial charge in [-0.25, -0.2) is 0 Å². The summed E-state index contributed by atoms with van der Waals surface area (Å²) in [5, 5.41) is 1.24.